The van der Waals surface area contributed by atoms with Crippen LogP contribution in [0.25, 0.3) is 27.4 Å². The summed E-state index contributed by atoms with van der Waals surface area (Å²) in [7, 11) is 0. The molecule has 2 heterocycles. The van der Waals surface area contributed by atoms with Crippen molar-refractivity contribution in [3.05, 3.63) is 48.8 Å². The van der Waals surface area contributed by atoms with Crippen LogP contribution >= 0.6 is 0 Å². The van der Waals surface area contributed by atoms with E-state index in [1.807, 2.05) is 25.3 Å². The smallest absolute Gasteiger partial charge is 0.0894 e. The molecule has 0 radical (unpaired) electrons. The predicted molar refractivity (Wildman–Crippen MR) is 68.3 cm³/mol. The van der Waals surface area contributed by atoms with Gasteiger partial charge in [0.15, 0.2) is 0 Å². The number of allylic oxidation sites excluding steroid dienone is 1. The van der Waals surface area contributed by atoms with Crippen LogP contribution in [0, 0.1) is 0 Å². The lowest BCUT2D eigenvalue weighted by Gasteiger charge is -1.99. The number of nitrogens with one attached hydrogen (secondary N) is 1. The van der Waals surface area contributed by atoms with E-state index in [2.05, 4.69) is 34.7 Å². The number of hydrogen-bond acceptors (Lipinski definition) is 1. The third-order valence-electron chi connectivity index (χ3n) is 2.83. The van der Waals surface area contributed by atoms with E-state index in [9.17, 15) is 0 Å². The molecule has 2 aromatic heterocycles. The average molecular weight is 208 g/mol. The first kappa shape index (κ1) is 9.16. The summed E-state index contributed by atoms with van der Waals surface area (Å²) in [5, 5.41) is 2.45. The molecule has 0 unspecified atom stereocenters. The highest BCUT2D eigenvalue weighted by Gasteiger charge is 2.08. The number of nitrogens with zero attached hydrogens (tertiary/aromatic N) is 1. The Hall–Kier alpha value is -2.09. The molecule has 3 aromatic rings. The van der Waals surface area contributed by atoms with Crippen LogP contribution in [0.4, 0.5) is 0 Å². The first-order chi connectivity index (χ1) is 7.77. The number of para-hydroxylation sites is 1. The number of aromatic amines is 1. The maximum absolute atomic E-state index is 4.37. The molecule has 0 aliphatic heterocycles. The molecule has 1 N–H and O–H groups in total. The van der Waals surface area contributed by atoms with Crippen LogP contribution in [-0.4, -0.2) is 9.97 Å². The molecule has 0 amide bonds. The molecule has 3 rings (SSSR count). The summed E-state index contributed by atoms with van der Waals surface area (Å²) in [6.45, 7) is 5.94. The van der Waals surface area contributed by atoms with Gasteiger partial charge in [-0.3, -0.25) is 4.98 Å². The largest absolute Gasteiger partial charge is 0.353 e. The fourth-order valence-electron chi connectivity index (χ4n) is 2.10. The maximum Gasteiger partial charge on any atom is 0.0894 e. The zero-order valence-corrected chi connectivity index (χ0v) is 9.12. The molecule has 0 atom stereocenters. The van der Waals surface area contributed by atoms with Crippen molar-refractivity contribution in [2.24, 2.45) is 0 Å². The number of benzene rings is 1. The molecule has 0 aliphatic rings. The Labute approximate surface area is 93.6 Å². The summed E-state index contributed by atoms with van der Waals surface area (Å²) >= 11 is 0. The molecular weight excluding hydrogens is 196 g/mol. The average Bonchev–Trinajstić information content (AvgIpc) is 2.67. The van der Waals surface area contributed by atoms with Gasteiger partial charge in [0.25, 0.3) is 0 Å². The molecule has 78 valence electrons. The van der Waals surface area contributed by atoms with Gasteiger partial charge >= 0.3 is 0 Å². The molecule has 0 bridgehead atoms. The van der Waals surface area contributed by atoms with Crippen molar-refractivity contribution in [2.75, 3.05) is 0 Å². The summed E-state index contributed by atoms with van der Waals surface area (Å²) < 4.78 is 0. The van der Waals surface area contributed by atoms with Crippen molar-refractivity contribution in [1.82, 2.24) is 9.97 Å². The second-order valence-electron chi connectivity index (χ2n) is 4.03. The van der Waals surface area contributed by atoms with Gasteiger partial charge < -0.3 is 4.98 Å². The topological polar surface area (TPSA) is 28.7 Å². The number of H-pyrrole nitrogens is 1. The second kappa shape index (κ2) is 3.20. The fraction of sp³-hybridized carbons (Fsp3) is 0.0714. The molecule has 0 saturated heterocycles. The normalized spacial score (nSPS) is 11.1. The monoisotopic (exact) mass is 208 g/mol. The highest BCUT2D eigenvalue weighted by atomic mass is 14.8. The van der Waals surface area contributed by atoms with Crippen LogP contribution in [0.5, 0.6) is 0 Å². The van der Waals surface area contributed by atoms with Crippen molar-refractivity contribution in [3.8, 4) is 0 Å². The Balaban J connectivity index is 2.54. The Kier molecular flexibility index (Phi) is 1.83. The Morgan fingerprint density at radius 1 is 1.19 bits per heavy atom. The van der Waals surface area contributed by atoms with Gasteiger partial charge in [0.1, 0.15) is 0 Å². The van der Waals surface area contributed by atoms with Crippen LogP contribution in [0.3, 0.4) is 0 Å². The van der Waals surface area contributed by atoms with E-state index in [1.165, 1.54) is 10.8 Å². The second-order valence-corrected chi connectivity index (χ2v) is 4.03. The Bertz CT molecular complexity index is 692. The zero-order valence-electron chi connectivity index (χ0n) is 9.12. The van der Waals surface area contributed by atoms with Gasteiger partial charge in [-0.05, 0) is 24.6 Å². The SMILES string of the molecule is C=C(C)c1nccc2c1[nH]c1ccccc12. The molecule has 0 saturated carbocycles. The summed E-state index contributed by atoms with van der Waals surface area (Å²) in [4.78, 5) is 7.78. The number of hydrogen-bond donors (Lipinski definition) is 1. The van der Waals surface area contributed by atoms with Crippen molar-refractivity contribution < 1.29 is 0 Å². The van der Waals surface area contributed by atoms with E-state index in [0.717, 1.165) is 22.3 Å². The van der Waals surface area contributed by atoms with Crippen molar-refractivity contribution in [3.63, 3.8) is 0 Å². The van der Waals surface area contributed by atoms with Crippen LogP contribution in [-0.2, 0) is 0 Å². The van der Waals surface area contributed by atoms with Gasteiger partial charge in [-0.2, -0.15) is 0 Å². The number of rotatable bonds is 1. The van der Waals surface area contributed by atoms with Crippen LogP contribution in [0.1, 0.15) is 12.6 Å². The van der Waals surface area contributed by atoms with Crippen molar-refractivity contribution in [1.29, 1.82) is 0 Å². The first-order valence-electron chi connectivity index (χ1n) is 5.28. The summed E-state index contributed by atoms with van der Waals surface area (Å²) in [6, 6.07) is 10.3. The predicted octanol–water partition coefficient (Wildman–Crippen LogP) is 3.75. The van der Waals surface area contributed by atoms with Gasteiger partial charge in [-0.1, -0.05) is 24.8 Å². The van der Waals surface area contributed by atoms with E-state index in [1.54, 1.807) is 0 Å². The van der Waals surface area contributed by atoms with Crippen LogP contribution in [0.2, 0.25) is 0 Å². The standard InChI is InChI=1S/C14H12N2/c1-9(2)13-14-11(7-8-15-13)10-5-3-4-6-12(10)16-14/h3-8,16H,1H2,2H3. The third kappa shape index (κ3) is 1.16. The van der Waals surface area contributed by atoms with Crippen LogP contribution < -0.4 is 0 Å². The summed E-state index contributed by atoms with van der Waals surface area (Å²) in [5.74, 6) is 0. The van der Waals surface area contributed by atoms with E-state index in [4.69, 9.17) is 0 Å². The molecule has 0 aliphatic carbocycles. The van der Waals surface area contributed by atoms with Gasteiger partial charge in [0.2, 0.25) is 0 Å². The lowest BCUT2D eigenvalue weighted by molar-refractivity contribution is 1.29. The summed E-state index contributed by atoms with van der Waals surface area (Å²) in [5.41, 5.74) is 4.16. The van der Waals surface area contributed by atoms with E-state index in [0.29, 0.717) is 0 Å². The Morgan fingerprint density at radius 3 is 2.81 bits per heavy atom. The lowest BCUT2D eigenvalue weighted by Crippen LogP contribution is -1.85. The minimum Gasteiger partial charge on any atom is -0.353 e. The molecule has 2 nitrogen and oxygen atoms in total. The highest BCUT2D eigenvalue weighted by Crippen LogP contribution is 2.28. The number of fused-ring (bicyclic) bond motifs is 3. The molecular formula is C14H12N2. The molecule has 0 fully saturated rings. The van der Waals surface area contributed by atoms with Gasteiger partial charge in [-0.25, -0.2) is 0 Å². The summed E-state index contributed by atoms with van der Waals surface area (Å²) in [6.07, 6.45) is 1.84. The molecule has 2 heteroatoms. The third-order valence-corrected chi connectivity index (χ3v) is 2.83. The van der Waals surface area contributed by atoms with Crippen molar-refractivity contribution in [2.45, 2.75) is 6.92 Å². The lowest BCUT2D eigenvalue weighted by atomic mass is 10.1. The number of aromatic nitrogens is 2. The molecule has 1 aromatic carbocycles. The first-order valence-corrected chi connectivity index (χ1v) is 5.28. The minimum atomic E-state index is 0.953. The fourth-order valence-corrected chi connectivity index (χ4v) is 2.10. The van der Waals surface area contributed by atoms with Gasteiger partial charge in [0.05, 0.1) is 11.2 Å². The van der Waals surface area contributed by atoms with Gasteiger partial charge in [-0.15, -0.1) is 0 Å². The maximum atomic E-state index is 4.37. The minimum absolute atomic E-state index is 0.953. The van der Waals surface area contributed by atoms with E-state index >= 15 is 0 Å². The van der Waals surface area contributed by atoms with Gasteiger partial charge in [0, 0.05) is 22.5 Å². The number of pyridine rings is 1. The van der Waals surface area contributed by atoms with Crippen LogP contribution in [0.15, 0.2) is 43.1 Å². The highest BCUT2D eigenvalue weighted by molar-refractivity contribution is 6.09. The Morgan fingerprint density at radius 2 is 2.00 bits per heavy atom. The molecule has 0 spiro atoms. The van der Waals surface area contributed by atoms with E-state index < -0.39 is 0 Å². The molecule has 16 heavy (non-hydrogen) atoms. The van der Waals surface area contributed by atoms with Crippen molar-refractivity contribution >= 4 is 27.4 Å². The zero-order chi connectivity index (χ0) is 11.1. The van der Waals surface area contributed by atoms with E-state index in [-0.39, 0.29) is 0 Å². The quantitative estimate of drug-likeness (QED) is 0.648.